The standard InChI is InChI=1S/C18H22N4O3/c1-12(19-2)10-16-21-18(25-22-16)9-8-17-20-11-15(24-17)13-4-6-14(23-3)7-5-13/h4-7,11-12,19H,8-10H2,1-3H3. The average molecular weight is 342 g/mol. The number of rotatable bonds is 8. The highest BCUT2D eigenvalue weighted by atomic mass is 16.5. The van der Waals surface area contributed by atoms with Crippen LogP contribution in [-0.2, 0) is 19.3 Å². The number of benzene rings is 1. The summed E-state index contributed by atoms with van der Waals surface area (Å²) in [5.41, 5.74) is 0.959. The van der Waals surface area contributed by atoms with Crippen LogP contribution in [0.4, 0.5) is 0 Å². The van der Waals surface area contributed by atoms with Gasteiger partial charge in [0.1, 0.15) is 5.75 Å². The van der Waals surface area contributed by atoms with Crippen molar-refractivity contribution in [1.29, 1.82) is 0 Å². The first-order valence-electron chi connectivity index (χ1n) is 8.25. The molecule has 132 valence electrons. The Hall–Kier alpha value is -2.67. The van der Waals surface area contributed by atoms with Crippen molar-refractivity contribution in [2.24, 2.45) is 0 Å². The molecule has 3 rings (SSSR count). The van der Waals surface area contributed by atoms with Gasteiger partial charge in [-0.3, -0.25) is 0 Å². The lowest BCUT2D eigenvalue weighted by Gasteiger charge is -2.04. The van der Waals surface area contributed by atoms with E-state index in [4.69, 9.17) is 13.7 Å². The van der Waals surface area contributed by atoms with Crippen LogP contribution in [0.25, 0.3) is 11.3 Å². The van der Waals surface area contributed by atoms with Gasteiger partial charge in [-0.1, -0.05) is 5.16 Å². The SMILES string of the molecule is CNC(C)Cc1noc(CCc2ncc(-c3ccc(OC)cc3)o2)n1. The second-order valence-electron chi connectivity index (χ2n) is 5.84. The molecule has 0 bridgehead atoms. The Kier molecular flexibility index (Phi) is 5.45. The van der Waals surface area contributed by atoms with E-state index in [-0.39, 0.29) is 0 Å². The van der Waals surface area contributed by atoms with Gasteiger partial charge in [0.05, 0.1) is 13.3 Å². The lowest BCUT2D eigenvalue weighted by molar-refractivity contribution is 0.366. The molecular formula is C18H22N4O3. The maximum Gasteiger partial charge on any atom is 0.227 e. The third kappa shape index (κ3) is 4.45. The molecule has 0 saturated heterocycles. The van der Waals surface area contributed by atoms with E-state index in [9.17, 15) is 0 Å². The first kappa shape index (κ1) is 17.2. The van der Waals surface area contributed by atoms with E-state index in [2.05, 4.69) is 27.4 Å². The molecule has 0 aliphatic heterocycles. The van der Waals surface area contributed by atoms with E-state index in [1.165, 1.54) is 0 Å². The molecule has 1 aromatic carbocycles. The van der Waals surface area contributed by atoms with Crippen LogP contribution in [0.2, 0.25) is 0 Å². The molecule has 7 nitrogen and oxygen atoms in total. The molecule has 0 amide bonds. The summed E-state index contributed by atoms with van der Waals surface area (Å²) in [6, 6.07) is 7.98. The number of aryl methyl sites for hydroxylation is 2. The number of ether oxygens (including phenoxy) is 1. The van der Waals surface area contributed by atoms with Crippen molar-refractivity contribution in [2.45, 2.75) is 32.2 Å². The summed E-state index contributed by atoms with van der Waals surface area (Å²) in [7, 11) is 3.55. The second-order valence-corrected chi connectivity index (χ2v) is 5.84. The van der Waals surface area contributed by atoms with Gasteiger partial charge >= 0.3 is 0 Å². The fourth-order valence-corrected chi connectivity index (χ4v) is 2.38. The van der Waals surface area contributed by atoms with Crippen molar-refractivity contribution in [3.8, 4) is 17.1 Å². The largest absolute Gasteiger partial charge is 0.497 e. The molecule has 1 N–H and O–H groups in total. The second kappa shape index (κ2) is 7.94. The monoisotopic (exact) mass is 342 g/mol. The maximum absolute atomic E-state index is 5.80. The number of aromatic nitrogens is 3. The van der Waals surface area contributed by atoms with Gasteiger partial charge < -0.3 is 19.0 Å². The summed E-state index contributed by atoms with van der Waals surface area (Å²) in [6.45, 7) is 2.07. The van der Waals surface area contributed by atoms with Crippen LogP contribution in [0.3, 0.4) is 0 Å². The smallest absolute Gasteiger partial charge is 0.227 e. The minimum atomic E-state index is 0.309. The minimum absolute atomic E-state index is 0.309. The van der Waals surface area contributed by atoms with Crippen LogP contribution in [0, 0.1) is 0 Å². The zero-order valence-corrected chi connectivity index (χ0v) is 14.7. The van der Waals surface area contributed by atoms with Gasteiger partial charge in [0.15, 0.2) is 17.5 Å². The van der Waals surface area contributed by atoms with Gasteiger partial charge in [0.25, 0.3) is 0 Å². The molecule has 3 aromatic rings. The molecule has 0 saturated carbocycles. The Labute approximate surface area is 146 Å². The van der Waals surface area contributed by atoms with Gasteiger partial charge in [0, 0.05) is 30.9 Å². The fourth-order valence-electron chi connectivity index (χ4n) is 2.38. The third-order valence-electron chi connectivity index (χ3n) is 3.97. The van der Waals surface area contributed by atoms with Crippen LogP contribution in [0.5, 0.6) is 5.75 Å². The highest BCUT2D eigenvalue weighted by molar-refractivity contribution is 5.57. The quantitative estimate of drug-likeness (QED) is 0.673. The van der Waals surface area contributed by atoms with Crippen LogP contribution in [0.15, 0.2) is 39.4 Å². The zero-order chi connectivity index (χ0) is 17.6. The molecule has 0 fully saturated rings. The molecule has 0 spiro atoms. The summed E-state index contributed by atoms with van der Waals surface area (Å²) in [6.07, 6.45) is 3.68. The summed E-state index contributed by atoms with van der Waals surface area (Å²) in [5, 5.41) is 7.15. The number of oxazole rings is 1. The molecule has 1 unspecified atom stereocenters. The van der Waals surface area contributed by atoms with Crippen LogP contribution >= 0.6 is 0 Å². The van der Waals surface area contributed by atoms with Crippen molar-refractivity contribution in [3.63, 3.8) is 0 Å². The van der Waals surface area contributed by atoms with Crippen LogP contribution in [-0.4, -0.2) is 35.3 Å². The number of hydrogen-bond acceptors (Lipinski definition) is 7. The van der Waals surface area contributed by atoms with Crippen LogP contribution < -0.4 is 10.1 Å². The van der Waals surface area contributed by atoms with E-state index < -0.39 is 0 Å². The van der Waals surface area contributed by atoms with E-state index in [1.807, 2.05) is 31.3 Å². The van der Waals surface area contributed by atoms with Crippen molar-refractivity contribution in [1.82, 2.24) is 20.4 Å². The lowest BCUT2D eigenvalue weighted by Crippen LogP contribution is -2.24. The van der Waals surface area contributed by atoms with Gasteiger partial charge in [-0.15, -0.1) is 0 Å². The van der Waals surface area contributed by atoms with E-state index >= 15 is 0 Å². The highest BCUT2D eigenvalue weighted by Crippen LogP contribution is 2.23. The minimum Gasteiger partial charge on any atom is -0.497 e. The fraction of sp³-hybridized carbons (Fsp3) is 0.389. The Morgan fingerprint density at radius 1 is 1.16 bits per heavy atom. The normalized spacial score (nSPS) is 12.3. The van der Waals surface area contributed by atoms with E-state index in [0.717, 1.165) is 23.5 Å². The van der Waals surface area contributed by atoms with Crippen molar-refractivity contribution in [2.75, 3.05) is 14.2 Å². The van der Waals surface area contributed by atoms with Gasteiger partial charge in [0.2, 0.25) is 5.89 Å². The van der Waals surface area contributed by atoms with E-state index in [0.29, 0.717) is 36.5 Å². The van der Waals surface area contributed by atoms with Gasteiger partial charge in [-0.25, -0.2) is 4.98 Å². The predicted octanol–water partition coefficient (Wildman–Crippen LogP) is 2.67. The van der Waals surface area contributed by atoms with Crippen molar-refractivity contribution < 1.29 is 13.7 Å². The Bertz CT molecular complexity index is 795. The topological polar surface area (TPSA) is 86.2 Å². The van der Waals surface area contributed by atoms with Gasteiger partial charge in [-0.2, -0.15) is 4.98 Å². The van der Waals surface area contributed by atoms with Crippen LogP contribution in [0.1, 0.15) is 24.5 Å². The Morgan fingerprint density at radius 3 is 2.64 bits per heavy atom. The molecule has 2 aromatic heterocycles. The first-order valence-corrected chi connectivity index (χ1v) is 8.25. The Balaban J connectivity index is 1.58. The molecule has 0 aliphatic rings. The lowest BCUT2D eigenvalue weighted by atomic mass is 10.2. The van der Waals surface area contributed by atoms with E-state index in [1.54, 1.807) is 13.3 Å². The molecular weight excluding hydrogens is 320 g/mol. The number of hydrogen-bond donors (Lipinski definition) is 1. The third-order valence-corrected chi connectivity index (χ3v) is 3.97. The van der Waals surface area contributed by atoms with Crippen molar-refractivity contribution >= 4 is 0 Å². The molecule has 1 atom stereocenters. The summed E-state index contributed by atoms with van der Waals surface area (Å²) >= 11 is 0. The highest BCUT2D eigenvalue weighted by Gasteiger charge is 2.12. The summed E-state index contributed by atoms with van der Waals surface area (Å²) in [5.74, 6) is 3.50. The average Bonchev–Trinajstić information content (AvgIpc) is 3.29. The predicted molar refractivity (Wildman–Crippen MR) is 92.4 cm³/mol. The summed E-state index contributed by atoms with van der Waals surface area (Å²) < 4.78 is 16.2. The molecule has 25 heavy (non-hydrogen) atoms. The first-order chi connectivity index (χ1) is 12.2. The molecule has 2 heterocycles. The van der Waals surface area contributed by atoms with Gasteiger partial charge in [-0.05, 0) is 38.2 Å². The maximum atomic E-state index is 5.80. The van der Waals surface area contributed by atoms with Crippen molar-refractivity contribution in [3.05, 3.63) is 48.1 Å². The number of likely N-dealkylation sites (N-methyl/N-ethyl adjacent to an activating group) is 1. The summed E-state index contributed by atoms with van der Waals surface area (Å²) in [4.78, 5) is 8.72. The number of nitrogens with one attached hydrogen (secondary N) is 1. The Morgan fingerprint density at radius 2 is 1.92 bits per heavy atom. The zero-order valence-electron chi connectivity index (χ0n) is 14.7. The molecule has 0 radical (unpaired) electrons. The number of nitrogens with zero attached hydrogens (tertiary/aromatic N) is 3. The molecule has 0 aliphatic carbocycles. The molecule has 7 heteroatoms. The number of methoxy groups -OCH3 is 1.